The molecule has 0 aliphatic rings. The summed E-state index contributed by atoms with van der Waals surface area (Å²) >= 11 is 5.79. The van der Waals surface area contributed by atoms with Gasteiger partial charge < -0.3 is 5.84 Å². The number of fused-ring (bicyclic) bond motifs is 1. The molecule has 0 amide bonds. The van der Waals surface area contributed by atoms with Gasteiger partial charge in [-0.2, -0.15) is 0 Å². The van der Waals surface area contributed by atoms with Crippen LogP contribution in [0.25, 0.3) is 11.0 Å². The second-order valence-corrected chi connectivity index (χ2v) is 3.18. The summed E-state index contributed by atoms with van der Waals surface area (Å²) in [7, 11) is 0. The molecule has 0 aromatic carbocycles. The minimum Gasteiger partial charge on any atom is -0.338 e. The van der Waals surface area contributed by atoms with Crippen molar-refractivity contribution in [1.29, 1.82) is 0 Å². The molecular weight excluding hydrogens is 174 g/mol. The van der Waals surface area contributed by atoms with Crippen molar-refractivity contribution in [3.63, 3.8) is 0 Å². The van der Waals surface area contributed by atoms with Crippen LogP contribution in [0.15, 0.2) is 18.5 Å². The summed E-state index contributed by atoms with van der Waals surface area (Å²) in [4.78, 5) is 4.11. The number of hydrogen-bond donors (Lipinski definition) is 1. The molecular formula is C8H8ClN3. The molecule has 0 aliphatic heterocycles. The van der Waals surface area contributed by atoms with Gasteiger partial charge in [-0.05, 0) is 18.6 Å². The molecule has 3 nitrogen and oxygen atoms in total. The highest BCUT2D eigenvalue weighted by atomic mass is 35.5. The highest BCUT2D eigenvalue weighted by Crippen LogP contribution is 2.20. The van der Waals surface area contributed by atoms with E-state index in [1.807, 2.05) is 19.2 Å². The normalized spacial score (nSPS) is 10.8. The van der Waals surface area contributed by atoms with Crippen LogP contribution in [0, 0.1) is 6.92 Å². The third kappa shape index (κ3) is 0.940. The summed E-state index contributed by atoms with van der Waals surface area (Å²) in [5, 5.41) is 1.64. The Labute approximate surface area is 74.7 Å². The van der Waals surface area contributed by atoms with E-state index in [1.54, 1.807) is 6.20 Å². The van der Waals surface area contributed by atoms with Crippen LogP contribution < -0.4 is 5.84 Å². The van der Waals surface area contributed by atoms with Crippen molar-refractivity contribution in [2.45, 2.75) is 6.92 Å². The molecule has 0 aliphatic carbocycles. The standard InChI is InChI=1S/C8H8ClN3/c1-5-4-12(10)8-7(5)2-6(9)3-11-8/h2-4H,10H2,1H3. The number of halogens is 1. The first-order valence-corrected chi connectivity index (χ1v) is 3.94. The first-order valence-electron chi connectivity index (χ1n) is 3.57. The molecule has 0 radical (unpaired) electrons. The third-order valence-corrected chi connectivity index (χ3v) is 2.04. The summed E-state index contributed by atoms with van der Waals surface area (Å²) in [5.41, 5.74) is 1.85. The van der Waals surface area contributed by atoms with E-state index in [-0.39, 0.29) is 0 Å². The largest absolute Gasteiger partial charge is 0.338 e. The van der Waals surface area contributed by atoms with Crippen molar-refractivity contribution in [3.05, 3.63) is 29.0 Å². The number of nitrogen functional groups attached to an aromatic ring is 1. The van der Waals surface area contributed by atoms with Gasteiger partial charge in [0.15, 0.2) is 5.65 Å². The first kappa shape index (κ1) is 7.43. The van der Waals surface area contributed by atoms with E-state index in [9.17, 15) is 0 Å². The van der Waals surface area contributed by atoms with Gasteiger partial charge in [-0.25, -0.2) is 4.98 Å². The zero-order chi connectivity index (χ0) is 8.72. The molecule has 0 saturated heterocycles. The molecule has 0 unspecified atom stereocenters. The van der Waals surface area contributed by atoms with Crippen molar-refractivity contribution in [1.82, 2.24) is 9.66 Å². The lowest BCUT2D eigenvalue weighted by atomic mass is 10.2. The maximum atomic E-state index is 5.79. The Balaban J connectivity index is 2.90. The Morgan fingerprint density at radius 3 is 3.08 bits per heavy atom. The SMILES string of the molecule is Cc1cn(N)c2ncc(Cl)cc12. The number of rotatable bonds is 0. The van der Waals surface area contributed by atoms with Crippen molar-refractivity contribution in [2.24, 2.45) is 0 Å². The lowest BCUT2D eigenvalue weighted by Gasteiger charge is -1.94. The Hall–Kier alpha value is -1.22. The summed E-state index contributed by atoms with van der Waals surface area (Å²) in [6, 6.07) is 1.86. The Kier molecular flexibility index (Phi) is 1.48. The van der Waals surface area contributed by atoms with Crippen LogP contribution in [0.1, 0.15) is 5.56 Å². The van der Waals surface area contributed by atoms with Crippen molar-refractivity contribution < 1.29 is 0 Å². The third-order valence-electron chi connectivity index (χ3n) is 1.84. The van der Waals surface area contributed by atoms with Gasteiger partial charge in [-0.1, -0.05) is 11.6 Å². The predicted octanol–water partition coefficient (Wildman–Crippen LogP) is 1.71. The first-order chi connectivity index (χ1) is 5.68. The number of nitrogens with zero attached hydrogens (tertiary/aromatic N) is 2. The van der Waals surface area contributed by atoms with E-state index >= 15 is 0 Å². The number of pyridine rings is 1. The van der Waals surface area contributed by atoms with Crippen molar-refractivity contribution in [3.8, 4) is 0 Å². The van der Waals surface area contributed by atoms with Crippen LogP contribution in [0.2, 0.25) is 5.02 Å². The molecule has 2 N–H and O–H groups in total. The average molecular weight is 182 g/mol. The highest BCUT2D eigenvalue weighted by Gasteiger charge is 2.04. The quantitative estimate of drug-likeness (QED) is 0.629. The number of aromatic nitrogens is 2. The van der Waals surface area contributed by atoms with Gasteiger partial charge in [0.25, 0.3) is 0 Å². The molecule has 2 heterocycles. The van der Waals surface area contributed by atoms with E-state index in [1.165, 1.54) is 4.68 Å². The molecule has 0 bridgehead atoms. The van der Waals surface area contributed by atoms with E-state index in [4.69, 9.17) is 17.4 Å². The average Bonchev–Trinajstić information content (AvgIpc) is 2.28. The Morgan fingerprint density at radius 1 is 1.58 bits per heavy atom. The van der Waals surface area contributed by atoms with Crippen LogP contribution in [-0.2, 0) is 0 Å². The Bertz CT molecular complexity index is 433. The number of hydrogen-bond acceptors (Lipinski definition) is 2. The topological polar surface area (TPSA) is 43.8 Å². The van der Waals surface area contributed by atoms with E-state index in [0.29, 0.717) is 5.02 Å². The van der Waals surface area contributed by atoms with Crippen molar-refractivity contribution >= 4 is 22.6 Å². The molecule has 0 fully saturated rings. The van der Waals surface area contributed by atoms with Gasteiger partial charge in [0.2, 0.25) is 0 Å². The zero-order valence-electron chi connectivity index (χ0n) is 6.58. The molecule has 12 heavy (non-hydrogen) atoms. The Morgan fingerprint density at radius 2 is 2.33 bits per heavy atom. The van der Waals surface area contributed by atoms with Crippen LogP contribution in [0.4, 0.5) is 0 Å². The molecule has 0 atom stereocenters. The fraction of sp³-hybridized carbons (Fsp3) is 0.125. The van der Waals surface area contributed by atoms with Gasteiger partial charge in [-0.3, -0.25) is 4.68 Å². The van der Waals surface area contributed by atoms with E-state index in [2.05, 4.69) is 4.98 Å². The second kappa shape index (κ2) is 2.38. The van der Waals surface area contributed by atoms with Crippen LogP contribution >= 0.6 is 11.6 Å². The van der Waals surface area contributed by atoms with Gasteiger partial charge in [0, 0.05) is 17.8 Å². The molecule has 0 spiro atoms. The molecule has 4 heteroatoms. The van der Waals surface area contributed by atoms with Gasteiger partial charge in [0.05, 0.1) is 5.02 Å². The van der Waals surface area contributed by atoms with E-state index < -0.39 is 0 Å². The summed E-state index contributed by atoms with van der Waals surface area (Å²) in [6.07, 6.45) is 3.42. The van der Waals surface area contributed by atoms with Crippen molar-refractivity contribution in [2.75, 3.05) is 5.84 Å². The molecule has 2 aromatic heterocycles. The number of nitrogens with two attached hydrogens (primary N) is 1. The maximum Gasteiger partial charge on any atom is 0.158 e. The number of aryl methyl sites for hydroxylation is 1. The van der Waals surface area contributed by atoms with Crippen LogP contribution in [-0.4, -0.2) is 9.66 Å². The lowest BCUT2D eigenvalue weighted by molar-refractivity contribution is 1.03. The summed E-state index contributed by atoms with van der Waals surface area (Å²) < 4.78 is 1.50. The summed E-state index contributed by atoms with van der Waals surface area (Å²) in [5.74, 6) is 5.64. The predicted molar refractivity (Wildman–Crippen MR) is 49.6 cm³/mol. The van der Waals surface area contributed by atoms with E-state index in [0.717, 1.165) is 16.6 Å². The smallest absolute Gasteiger partial charge is 0.158 e. The lowest BCUT2D eigenvalue weighted by Crippen LogP contribution is -2.05. The minimum absolute atomic E-state index is 0.636. The fourth-order valence-electron chi connectivity index (χ4n) is 1.27. The van der Waals surface area contributed by atoms with Gasteiger partial charge in [-0.15, -0.1) is 0 Å². The molecule has 62 valence electrons. The zero-order valence-corrected chi connectivity index (χ0v) is 7.34. The second-order valence-electron chi connectivity index (χ2n) is 2.74. The fourth-order valence-corrected chi connectivity index (χ4v) is 1.43. The molecule has 0 saturated carbocycles. The minimum atomic E-state index is 0.636. The van der Waals surface area contributed by atoms with Crippen LogP contribution in [0.3, 0.4) is 0 Å². The van der Waals surface area contributed by atoms with Gasteiger partial charge in [0.1, 0.15) is 0 Å². The maximum absolute atomic E-state index is 5.79. The molecule has 2 aromatic rings. The van der Waals surface area contributed by atoms with Gasteiger partial charge >= 0.3 is 0 Å². The highest BCUT2D eigenvalue weighted by molar-refractivity contribution is 6.31. The molecule has 2 rings (SSSR count). The monoisotopic (exact) mass is 181 g/mol. The van der Waals surface area contributed by atoms with Crippen LogP contribution in [0.5, 0.6) is 0 Å². The summed E-state index contributed by atoms with van der Waals surface area (Å²) in [6.45, 7) is 1.98.